The Balaban J connectivity index is 0.887. The summed E-state index contributed by atoms with van der Waals surface area (Å²) >= 11 is 7.81. The van der Waals surface area contributed by atoms with Crippen LogP contribution in [0.5, 0.6) is 5.75 Å². The van der Waals surface area contributed by atoms with E-state index in [0.717, 1.165) is 46.6 Å². The van der Waals surface area contributed by atoms with Crippen molar-refractivity contribution in [2.45, 2.75) is 124 Å². The first-order valence-corrected chi connectivity index (χ1v) is 24.5. The van der Waals surface area contributed by atoms with Gasteiger partial charge in [0, 0.05) is 60.3 Å². The van der Waals surface area contributed by atoms with Gasteiger partial charge in [-0.1, -0.05) is 84.3 Å². The van der Waals surface area contributed by atoms with E-state index in [1.165, 1.54) is 4.90 Å². The maximum atomic E-state index is 14.1. The Bertz CT molecular complexity index is 2450. The largest absolute Gasteiger partial charge is 0.489 e. The number of aliphatic hydroxyl groups is 1. The molecule has 1 saturated carbocycles. The van der Waals surface area contributed by atoms with Gasteiger partial charge in [0.2, 0.25) is 17.7 Å². The van der Waals surface area contributed by atoms with Gasteiger partial charge < -0.3 is 40.7 Å². The number of aryl methyl sites for hydroxylation is 1. The number of carbonyl (C=O) groups is 4. The number of thiazole rings is 1. The zero-order valence-electron chi connectivity index (χ0n) is 40.6. The number of nitrogens with one attached hydrogen (secondary N) is 4. The third-order valence-electron chi connectivity index (χ3n) is 13.2. The number of hydrogen-bond donors (Lipinski definition) is 5. The molecule has 1 saturated heterocycles. The Morgan fingerprint density at radius 2 is 1.68 bits per heavy atom. The number of aliphatic hydroxyl groups excluding tert-OH is 1. The molecule has 4 amide bonds. The molecule has 364 valence electrons. The molecule has 5 N–H and O–H groups in total. The van der Waals surface area contributed by atoms with Crippen molar-refractivity contribution in [3.63, 3.8) is 0 Å². The third kappa shape index (κ3) is 12.2. The Kier molecular flexibility index (Phi) is 16.6. The van der Waals surface area contributed by atoms with E-state index < -0.39 is 35.4 Å². The highest BCUT2D eigenvalue weighted by Gasteiger charge is 2.64. The number of rotatable bonds is 19. The second-order valence-electron chi connectivity index (χ2n) is 20.3. The van der Waals surface area contributed by atoms with Crippen molar-refractivity contribution in [3.8, 4) is 22.3 Å². The number of likely N-dealkylation sites (tertiary alicyclic amines) is 1. The van der Waals surface area contributed by atoms with E-state index in [2.05, 4.69) is 60.0 Å². The molecule has 4 atom stereocenters. The fraction of sp³-hybridized carbons (Fsp3) is 0.500. The summed E-state index contributed by atoms with van der Waals surface area (Å²) in [6, 6.07) is 20.1. The van der Waals surface area contributed by atoms with Crippen LogP contribution in [0.15, 0.2) is 72.2 Å². The third-order valence-corrected chi connectivity index (χ3v) is 14.5. The van der Waals surface area contributed by atoms with Gasteiger partial charge in [-0.3, -0.25) is 19.2 Å². The smallest absolute Gasteiger partial charge is 0.251 e. The molecule has 1 unspecified atom stereocenters. The monoisotopic (exact) mass is 967 g/mol. The summed E-state index contributed by atoms with van der Waals surface area (Å²) < 4.78 is 12.1. The van der Waals surface area contributed by atoms with Crippen LogP contribution in [0.3, 0.4) is 0 Å². The number of unbranched alkanes of at least 4 members (excludes halogenated alkanes) is 2. The Morgan fingerprint density at radius 1 is 0.985 bits per heavy atom. The van der Waals surface area contributed by atoms with Gasteiger partial charge >= 0.3 is 0 Å². The molecule has 0 spiro atoms. The fourth-order valence-electron chi connectivity index (χ4n) is 9.67. The van der Waals surface area contributed by atoms with Crippen molar-refractivity contribution in [2.75, 3.05) is 31.6 Å². The van der Waals surface area contributed by atoms with Gasteiger partial charge in [-0.2, -0.15) is 5.26 Å². The highest BCUT2D eigenvalue weighted by molar-refractivity contribution is 7.13. The molecule has 0 bridgehead atoms. The van der Waals surface area contributed by atoms with Crippen molar-refractivity contribution >= 4 is 52.3 Å². The van der Waals surface area contributed by atoms with E-state index in [-0.39, 0.29) is 60.4 Å². The normalized spacial score (nSPS) is 20.3. The lowest BCUT2D eigenvalue weighted by Gasteiger charge is -2.63. The van der Waals surface area contributed by atoms with Gasteiger partial charge in [0.15, 0.2) is 0 Å². The summed E-state index contributed by atoms with van der Waals surface area (Å²) in [4.78, 5) is 61.0. The van der Waals surface area contributed by atoms with Gasteiger partial charge in [-0.05, 0) is 86.1 Å². The van der Waals surface area contributed by atoms with Crippen LogP contribution in [0.1, 0.15) is 114 Å². The van der Waals surface area contributed by atoms with Crippen LogP contribution < -0.4 is 26.0 Å². The summed E-state index contributed by atoms with van der Waals surface area (Å²) in [5.74, 6) is -0.820. The number of β-amino-alcohol motifs (C(OH)–C–C–N with tert-alkyl or cyclic N) is 1. The summed E-state index contributed by atoms with van der Waals surface area (Å²) in [6.45, 7) is 18.5. The van der Waals surface area contributed by atoms with Crippen LogP contribution in [0.4, 0.5) is 5.69 Å². The zero-order valence-corrected chi connectivity index (χ0v) is 42.1. The lowest BCUT2D eigenvalue weighted by Crippen LogP contribution is -2.74. The second kappa shape index (κ2) is 21.8. The standard InChI is InChI=1S/C52H66ClN7O7S/c1-31(33-13-15-34(16-14-33)43-32(2)56-30-68-43)57-46(64)41-25-38(61)28-60(41)47(65)44(50(3,4)5)58-42(62)29-66-24-12-10-11-23-55-37-20-17-35(18-21-37)45(63)59-48-51(6,7)49(52(48,8)9)67-39-22-19-36(27-54)40(53)26-39/h13-22,26,30-31,38,41,44,48-49,55,61H,10-12,23-25,28-29H2,1-9H3,(H,57,64)(H,58,62)(H,59,63)/t31-,38+,41-,44?,48-,49-/m1/s1. The Labute approximate surface area is 409 Å². The molecule has 1 aliphatic carbocycles. The van der Waals surface area contributed by atoms with E-state index in [1.807, 2.05) is 76.5 Å². The lowest BCUT2D eigenvalue weighted by molar-refractivity contribution is -0.164. The summed E-state index contributed by atoms with van der Waals surface area (Å²) in [7, 11) is 0. The molecule has 14 nitrogen and oxygen atoms in total. The van der Waals surface area contributed by atoms with Crippen LogP contribution in [0.2, 0.25) is 5.02 Å². The van der Waals surface area contributed by atoms with Crippen molar-refractivity contribution in [1.82, 2.24) is 25.8 Å². The first-order valence-electron chi connectivity index (χ1n) is 23.3. The minimum atomic E-state index is -0.952. The van der Waals surface area contributed by atoms with Crippen molar-refractivity contribution in [3.05, 3.63) is 99.6 Å². The molecule has 2 aliphatic rings. The highest BCUT2D eigenvalue weighted by atomic mass is 35.5. The number of nitriles is 1. The van der Waals surface area contributed by atoms with Gasteiger partial charge in [-0.15, -0.1) is 11.3 Å². The molecule has 68 heavy (non-hydrogen) atoms. The Hall–Kier alpha value is -5.53. The SMILES string of the molecule is Cc1ncsc1-c1ccc([C@@H](C)NC(=O)[C@H]2C[C@H](O)CN2C(=O)C(NC(=O)COCCCCCNc2ccc(C(=O)N[C@H]3C(C)(C)[C@H](Oc4ccc(C#N)c(Cl)c4)C3(C)C)cc2)C(C)(C)C)cc1. The number of halogens is 1. The maximum Gasteiger partial charge on any atom is 0.251 e. The van der Waals surface area contributed by atoms with E-state index >= 15 is 0 Å². The first-order chi connectivity index (χ1) is 32.1. The number of hydrogen-bond acceptors (Lipinski definition) is 11. The Morgan fingerprint density at radius 3 is 2.29 bits per heavy atom. The van der Waals surface area contributed by atoms with Crippen LogP contribution in [-0.4, -0.2) is 95.3 Å². The topological polar surface area (TPSA) is 195 Å². The number of aromatic nitrogens is 1. The summed E-state index contributed by atoms with van der Waals surface area (Å²) in [5, 5.41) is 32.7. The summed E-state index contributed by atoms with van der Waals surface area (Å²) in [6.07, 6.45) is 1.46. The quantitative estimate of drug-likeness (QED) is 0.0572. The van der Waals surface area contributed by atoms with Crippen LogP contribution in [-0.2, 0) is 19.1 Å². The van der Waals surface area contributed by atoms with E-state index in [4.69, 9.17) is 21.1 Å². The number of nitrogens with zero attached hydrogens (tertiary/aromatic N) is 3. The van der Waals surface area contributed by atoms with Crippen LogP contribution in [0.25, 0.3) is 10.4 Å². The first kappa shape index (κ1) is 51.9. The predicted octanol–water partition coefficient (Wildman–Crippen LogP) is 8.22. The molecule has 2 heterocycles. The number of benzene rings is 3. The lowest BCUT2D eigenvalue weighted by atomic mass is 9.49. The van der Waals surface area contributed by atoms with Gasteiger partial charge in [0.05, 0.1) is 38.8 Å². The van der Waals surface area contributed by atoms with Crippen molar-refractivity contribution in [2.24, 2.45) is 16.2 Å². The predicted molar refractivity (Wildman–Crippen MR) is 265 cm³/mol. The van der Waals surface area contributed by atoms with Gasteiger partial charge in [0.25, 0.3) is 5.91 Å². The molecular weight excluding hydrogens is 902 g/mol. The van der Waals surface area contributed by atoms with E-state index in [1.54, 1.807) is 41.7 Å². The summed E-state index contributed by atoms with van der Waals surface area (Å²) in [5.41, 5.74) is 5.11. The maximum absolute atomic E-state index is 14.1. The fourth-order valence-corrected chi connectivity index (χ4v) is 10.7. The molecule has 1 aliphatic heterocycles. The molecule has 0 radical (unpaired) electrons. The molecule has 6 rings (SSSR count). The molecule has 3 aromatic carbocycles. The van der Waals surface area contributed by atoms with Crippen molar-refractivity contribution in [1.29, 1.82) is 5.26 Å². The highest BCUT2D eigenvalue weighted by Crippen LogP contribution is 2.55. The molecule has 1 aromatic heterocycles. The molecular formula is C52H66ClN7O7S. The van der Waals surface area contributed by atoms with Crippen LogP contribution >= 0.6 is 22.9 Å². The van der Waals surface area contributed by atoms with E-state index in [0.29, 0.717) is 35.1 Å². The zero-order chi connectivity index (χ0) is 49.6. The van der Waals surface area contributed by atoms with Gasteiger partial charge in [0.1, 0.15) is 36.6 Å². The molecule has 4 aromatic rings. The average molecular weight is 969 g/mol. The number of anilines is 1. The number of ether oxygens (including phenoxy) is 2. The molecule has 2 fully saturated rings. The minimum absolute atomic E-state index is 0.0135. The average Bonchev–Trinajstić information content (AvgIpc) is 3.91. The van der Waals surface area contributed by atoms with Crippen LogP contribution in [0, 0.1) is 34.5 Å². The number of amides is 4. The molecule has 16 heteroatoms. The van der Waals surface area contributed by atoms with Crippen molar-refractivity contribution < 1.29 is 33.8 Å². The number of carbonyl (C=O) groups excluding carboxylic acids is 4. The van der Waals surface area contributed by atoms with E-state index in [9.17, 15) is 29.5 Å². The van der Waals surface area contributed by atoms with Gasteiger partial charge in [-0.25, -0.2) is 4.98 Å². The minimum Gasteiger partial charge on any atom is -0.489 e. The second-order valence-corrected chi connectivity index (χ2v) is 21.6.